The molecule has 0 radical (unpaired) electrons. The van der Waals surface area contributed by atoms with Crippen molar-refractivity contribution in [1.29, 1.82) is 0 Å². The number of benzene rings is 1. The highest BCUT2D eigenvalue weighted by Crippen LogP contribution is 2.39. The number of carbonyl (C=O) groups excluding carboxylic acids is 1. The Morgan fingerprint density at radius 2 is 1.71 bits per heavy atom. The van der Waals surface area contributed by atoms with Crippen LogP contribution in [0, 0.1) is 5.41 Å². The molecule has 1 aliphatic rings. The summed E-state index contributed by atoms with van der Waals surface area (Å²) in [5.74, 6) is 0.808. The van der Waals surface area contributed by atoms with Gasteiger partial charge in [-0.2, -0.15) is 4.31 Å². The van der Waals surface area contributed by atoms with Crippen molar-refractivity contribution in [3.8, 4) is 5.75 Å². The van der Waals surface area contributed by atoms with Gasteiger partial charge in [-0.25, -0.2) is 8.42 Å². The zero-order valence-electron chi connectivity index (χ0n) is 19.4. The van der Waals surface area contributed by atoms with Gasteiger partial charge in [0, 0.05) is 19.5 Å². The lowest BCUT2D eigenvalue weighted by Gasteiger charge is -2.40. The van der Waals surface area contributed by atoms with Crippen molar-refractivity contribution in [2.75, 3.05) is 20.2 Å². The molecule has 1 fully saturated rings. The van der Waals surface area contributed by atoms with Crippen LogP contribution in [-0.2, 0) is 14.8 Å². The van der Waals surface area contributed by atoms with Crippen molar-refractivity contribution < 1.29 is 17.9 Å². The van der Waals surface area contributed by atoms with Gasteiger partial charge in [0.05, 0.1) is 12.0 Å². The number of Topliss-reactive ketones (excluding diaryl/α,β-unsaturated/α-hetero) is 1. The maximum atomic E-state index is 12.7. The number of allylic oxidation sites excluding steroid dienone is 4. The van der Waals surface area contributed by atoms with Gasteiger partial charge in [-0.1, -0.05) is 58.1 Å². The first kappa shape index (κ1) is 26.9. The monoisotopic (exact) mass is 447 g/mol. The van der Waals surface area contributed by atoms with Gasteiger partial charge in [0.25, 0.3) is 0 Å². The Morgan fingerprint density at radius 1 is 1.16 bits per heavy atom. The lowest BCUT2D eigenvalue weighted by Crippen LogP contribution is -2.42. The average Bonchev–Trinajstić information content (AvgIpc) is 2.77. The minimum atomic E-state index is -3.38. The van der Waals surface area contributed by atoms with E-state index in [-0.39, 0.29) is 5.78 Å². The van der Waals surface area contributed by atoms with Crippen LogP contribution in [0.4, 0.5) is 0 Å². The van der Waals surface area contributed by atoms with Gasteiger partial charge in [-0.05, 0) is 55.0 Å². The molecule has 6 heteroatoms. The highest BCUT2D eigenvalue weighted by Gasteiger charge is 2.36. The highest BCUT2D eigenvalue weighted by atomic mass is 32.2. The Kier molecular flexibility index (Phi) is 10.9. The van der Waals surface area contributed by atoms with E-state index >= 15 is 0 Å². The summed E-state index contributed by atoms with van der Waals surface area (Å²) in [5, 5.41) is 0. The third-order valence-electron chi connectivity index (χ3n) is 5.92. The number of ketones is 1. The Bertz CT molecular complexity index is 855. The summed E-state index contributed by atoms with van der Waals surface area (Å²) in [6, 6.07) is 6.63. The fraction of sp³-hybridized carbons (Fsp3) is 0.480. The molecule has 0 atom stereocenters. The predicted octanol–water partition coefficient (Wildman–Crippen LogP) is 5.55. The van der Waals surface area contributed by atoms with E-state index in [1.165, 1.54) is 0 Å². The maximum absolute atomic E-state index is 12.7. The molecule has 172 valence electrons. The Morgan fingerprint density at radius 3 is 2.13 bits per heavy atom. The summed E-state index contributed by atoms with van der Waals surface area (Å²) in [6.07, 6.45) is 9.81. The molecule has 1 aromatic rings. The smallest absolute Gasteiger partial charge is 0.243 e. The van der Waals surface area contributed by atoms with Crippen molar-refractivity contribution in [3.05, 3.63) is 61.2 Å². The van der Waals surface area contributed by atoms with Crippen LogP contribution >= 0.6 is 0 Å². The van der Waals surface area contributed by atoms with Crippen LogP contribution in [-0.4, -0.2) is 38.7 Å². The zero-order chi connectivity index (χ0) is 23.5. The van der Waals surface area contributed by atoms with E-state index in [0.29, 0.717) is 35.6 Å². The summed E-state index contributed by atoms with van der Waals surface area (Å²) >= 11 is 0. The lowest BCUT2D eigenvalue weighted by atomic mass is 9.75. The fourth-order valence-corrected chi connectivity index (χ4v) is 5.08. The van der Waals surface area contributed by atoms with E-state index in [0.717, 1.165) is 31.3 Å². The minimum Gasteiger partial charge on any atom is -0.497 e. The number of piperidine rings is 1. The number of carbonyl (C=O) groups is 1. The molecule has 0 amide bonds. The number of nitrogens with zero attached hydrogens (tertiary/aromatic N) is 1. The van der Waals surface area contributed by atoms with Crippen molar-refractivity contribution in [2.45, 2.75) is 57.8 Å². The predicted molar refractivity (Wildman–Crippen MR) is 128 cm³/mol. The van der Waals surface area contributed by atoms with Gasteiger partial charge in [-0.3, -0.25) is 4.79 Å². The van der Waals surface area contributed by atoms with Crippen molar-refractivity contribution >= 4 is 15.8 Å². The molecule has 0 aromatic heterocycles. The zero-order valence-corrected chi connectivity index (χ0v) is 20.2. The van der Waals surface area contributed by atoms with E-state index in [9.17, 15) is 13.2 Å². The first-order chi connectivity index (χ1) is 14.6. The van der Waals surface area contributed by atoms with Crippen molar-refractivity contribution in [3.63, 3.8) is 0 Å². The van der Waals surface area contributed by atoms with Crippen LogP contribution in [0.3, 0.4) is 0 Å². The van der Waals surface area contributed by atoms with Crippen LogP contribution in [0.15, 0.2) is 66.1 Å². The molecule has 1 saturated heterocycles. The van der Waals surface area contributed by atoms with Gasteiger partial charge in [-0.15, -0.1) is 0 Å². The molecule has 31 heavy (non-hydrogen) atoms. The minimum absolute atomic E-state index is 0.138. The number of rotatable bonds is 9. The summed E-state index contributed by atoms with van der Waals surface area (Å²) in [5.41, 5.74) is 1.15. The number of hydrogen-bond acceptors (Lipinski definition) is 4. The van der Waals surface area contributed by atoms with Crippen LogP contribution in [0.25, 0.3) is 0 Å². The molecule has 0 unspecified atom stereocenters. The lowest BCUT2D eigenvalue weighted by molar-refractivity contribution is -0.116. The van der Waals surface area contributed by atoms with Crippen molar-refractivity contribution in [2.24, 2.45) is 5.41 Å². The first-order valence-electron chi connectivity index (χ1n) is 10.7. The standard InChI is InChI=1S/C16H25NO3S.C9H12O/c1-4-16(5-2)10-12-17(13-11-16)21(18,19)15-8-6-14(20-3)7-9-15;1-4-5-6-8(2)7-9(3)10/h6-9H,4-5,10-13H2,1-3H3;4-6H,1-2,7H2,3H3/b;6-5-. The fourth-order valence-electron chi connectivity index (χ4n) is 3.64. The Hall–Kier alpha value is -2.18. The Labute approximate surface area is 188 Å². The van der Waals surface area contributed by atoms with E-state index in [1.54, 1.807) is 60.8 Å². The van der Waals surface area contributed by atoms with Gasteiger partial charge >= 0.3 is 0 Å². The summed E-state index contributed by atoms with van der Waals surface area (Å²) in [4.78, 5) is 10.8. The molecule has 2 rings (SSSR count). The van der Waals surface area contributed by atoms with Crippen LogP contribution in [0.5, 0.6) is 5.75 Å². The third-order valence-corrected chi connectivity index (χ3v) is 7.84. The second kappa shape index (κ2) is 12.6. The summed E-state index contributed by atoms with van der Waals surface area (Å²) in [6.45, 7) is 14.4. The second-order valence-corrected chi connectivity index (χ2v) is 9.86. The molecule has 0 aliphatic carbocycles. The van der Waals surface area contributed by atoms with Gasteiger partial charge < -0.3 is 4.74 Å². The molecule has 1 heterocycles. The number of sulfonamides is 1. The molecular formula is C25H37NO4S. The first-order valence-corrected chi connectivity index (χ1v) is 12.2. The van der Waals surface area contributed by atoms with Crippen LogP contribution < -0.4 is 4.74 Å². The van der Waals surface area contributed by atoms with Crippen LogP contribution in [0.2, 0.25) is 0 Å². The molecule has 5 nitrogen and oxygen atoms in total. The van der Waals surface area contributed by atoms with E-state index in [1.807, 2.05) is 0 Å². The number of hydrogen-bond donors (Lipinski definition) is 0. The second-order valence-electron chi connectivity index (χ2n) is 7.92. The average molecular weight is 448 g/mol. The van der Waals surface area contributed by atoms with Gasteiger partial charge in [0.15, 0.2) is 0 Å². The quantitative estimate of drug-likeness (QED) is 0.466. The van der Waals surface area contributed by atoms with Gasteiger partial charge in [0.1, 0.15) is 11.5 Å². The topological polar surface area (TPSA) is 63.7 Å². The van der Waals surface area contributed by atoms with E-state index in [2.05, 4.69) is 27.0 Å². The summed E-state index contributed by atoms with van der Waals surface area (Å²) < 4.78 is 32.0. The molecule has 0 bridgehead atoms. The molecule has 1 aromatic carbocycles. The van der Waals surface area contributed by atoms with Gasteiger partial charge in [0.2, 0.25) is 10.0 Å². The molecule has 1 aliphatic heterocycles. The molecule has 0 N–H and O–H groups in total. The number of methoxy groups -OCH3 is 1. The molecular weight excluding hydrogens is 410 g/mol. The van der Waals surface area contributed by atoms with Crippen LogP contribution in [0.1, 0.15) is 52.9 Å². The number of ether oxygens (including phenoxy) is 1. The summed E-state index contributed by atoms with van der Waals surface area (Å²) in [7, 11) is -1.80. The largest absolute Gasteiger partial charge is 0.497 e. The normalized spacial score (nSPS) is 16.3. The molecule has 0 saturated carbocycles. The van der Waals surface area contributed by atoms with E-state index in [4.69, 9.17) is 4.74 Å². The third kappa shape index (κ3) is 8.11. The highest BCUT2D eigenvalue weighted by molar-refractivity contribution is 7.89. The Balaban J connectivity index is 0.000000407. The SMILES string of the molecule is C=C/C=C\C(=C)CC(C)=O.CCC1(CC)CCN(S(=O)(=O)c2ccc(OC)cc2)CC1. The van der Waals surface area contributed by atoms with Crippen molar-refractivity contribution in [1.82, 2.24) is 4.31 Å². The maximum Gasteiger partial charge on any atom is 0.243 e. The molecule has 0 spiro atoms. The van der Waals surface area contributed by atoms with E-state index < -0.39 is 10.0 Å².